The summed E-state index contributed by atoms with van der Waals surface area (Å²) in [5.74, 6) is 0.154. The molecule has 0 saturated carbocycles. The van der Waals surface area contributed by atoms with E-state index in [9.17, 15) is 4.79 Å². The van der Waals surface area contributed by atoms with Crippen molar-refractivity contribution in [3.05, 3.63) is 64.7 Å². The van der Waals surface area contributed by atoms with Crippen molar-refractivity contribution in [3.63, 3.8) is 0 Å². The summed E-state index contributed by atoms with van der Waals surface area (Å²) in [5.41, 5.74) is 3.38. The number of para-hydroxylation sites is 1. The second-order valence-electron chi connectivity index (χ2n) is 6.20. The molecule has 1 aliphatic heterocycles. The summed E-state index contributed by atoms with van der Waals surface area (Å²) < 4.78 is 0. The summed E-state index contributed by atoms with van der Waals surface area (Å²) in [4.78, 5) is 14.6. The van der Waals surface area contributed by atoms with Crippen LogP contribution in [0.4, 0.5) is 5.69 Å². The molecule has 0 fully saturated rings. The number of hydrogen-bond donors (Lipinski definition) is 1. The van der Waals surface area contributed by atoms with Crippen LogP contribution < -0.4 is 10.2 Å². The first-order valence-corrected chi connectivity index (χ1v) is 8.43. The quantitative estimate of drug-likeness (QED) is 0.920. The van der Waals surface area contributed by atoms with Gasteiger partial charge in [-0.1, -0.05) is 48.0 Å². The van der Waals surface area contributed by atoms with Gasteiger partial charge in [0.1, 0.15) is 6.04 Å². The lowest BCUT2D eigenvalue weighted by atomic mass is 10.1. The van der Waals surface area contributed by atoms with E-state index < -0.39 is 0 Å². The third-order valence-electron chi connectivity index (χ3n) is 4.52. The van der Waals surface area contributed by atoms with Crippen molar-refractivity contribution in [1.29, 1.82) is 0 Å². The summed E-state index contributed by atoms with van der Waals surface area (Å²) >= 11 is 6.24. The van der Waals surface area contributed by atoms with Crippen molar-refractivity contribution >= 4 is 23.2 Å². The van der Waals surface area contributed by atoms with E-state index in [2.05, 4.69) is 25.2 Å². The van der Waals surface area contributed by atoms with E-state index in [0.717, 1.165) is 22.7 Å². The summed E-state index contributed by atoms with van der Waals surface area (Å²) in [5, 5.41) is 2.81. The van der Waals surface area contributed by atoms with Gasteiger partial charge in [-0.3, -0.25) is 4.79 Å². The predicted octanol–water partition coefficient (Wildman–Crippen LogP) is 2.94. The Morgan fingerprint density at radius 3 is 2.74 bits per heavy atom. The normalized spacial score (nSPS) is 17.9. The van der Waals surface area contributed by atoms with E-state index in [0.29, 0.717) is 6.54 Å². The molecule has 3 rings (SSSR count). The highest BCUT2D eigenvalue weighted by Gasteiger charge is 2.31. The average molecular weight is 330 g/mol. The van der Waals surface area contributed by atoms with Crippen molar-refractivity contribution < 1.29 is 10.1 Å². The monoisotopic (exact) mass is 329 g/mol. The van der Waals surface area contributed by atoms with E-state index in [-0.39, 0.29) is 18.0 Å². The zero-order chi connectivity index (χ0) is 16.4. The molecular weight excluding hydrogens is 308 g/mol. The number of hydrogen-bond acceptors (Lipinski definition) is 1. The number of nitrogens with two attached hydrogens (primary N) is 1. The van der Waals surface area contributed by atoms with Crippen LogP contribution in [0.2, 0.25) is 5.02 Å². The van der Waals surface area contributed by atoms with Gasteiger partial charge >= 0.3 is 0 Å². The van der Waals surface area contributed by atoms with Crippen molar-refractivity contribution in [1.82, 2.24) is 0 Å². The molecule has 0 aliphatic carbocycles. The van der Waals surface area contributed by atoms with E-state index in [1.807, 2.05) is 47.4 Å². The van der Waals surface area contributed by atoms with Crippen LogP contribution in [-0.4, -0.2) is 18.5 Å². The Morgan fingerprint density at radius 2 is 1.96 bits per heavy atom. The predicted molar refractivity (Wildman–Crippen MR) is 93.8 cm³/mol. The van der Waals surface area contributed by atoms with Crippen LogP contribution in [0.25, 0.3) is 0 Å². The topological polar surface area (TPSA) is 36.9 Å². The molecule has 1 amide bonds. The molecule has 0 radical (unpaired) electrons. The average Bonchev–Trinajstić information content (AvgIpc) is 2.88. The number of amides is 1. The van der Waals surface area contributed by atoms with Crippen molar-refractivity contribution in [3.8, 4) is 0 Å². The maximum Gasteiger partial charge on any atom is 0.282 e. The van der Waals surface area contributed by atoms with Gasteiger partial charge in [-0.25, -0.2) is 0 Å². The van der Waals surface area contributed by atoms with E-state index >= 15 is 0 Å². The molecule has 23 heavy (non-hydrogen) atoms. The summed E-state index contributed by atoms with van der Waals surface area (Å²) in [6.07, 6.45) is 0.933. The van der Waals surface area contributed by atoms with Crippen molar-refractivity contribution in [2.45, 2.75) is 32.4 Å². The highest BCUT2D eigenvalue weighted by atomic mass is 35.5. The fourth-order valence-electron chi connectivity index (χ4n) is 3.29. The molecule has 1 heterocycles. The second kappa shape index (κ2) is 6.73. The molecule has 0 saturated heterocycles. The minimum absolute atomic E-state index is 0.154. The lowest BCUT2D eigenvalue weighted by molar-refractivity contribution is -0.682. The van der Waals surface area contributed by atoms with Gasteiger partial charge in [0.05, 0.1) is 0 Å². The van der Waals surface area contributed by atoms with Gasteiger partial charge in [-0.05, 0) is 38.0 Å². The molecule has 3 nitrogen and oxygen atoms in total. The maximum atomic E-state index is 12.7. The number of quaternary nitrogens is 1. The molecule has 0 aromatic heterocycles. The Bertz CT molecular complexity index is 716. The highest BCUT2D eigenvalue weighted by molar-refractivity contribution is 6.31. The Kier molecular flexibility index (Phi) is 4.69. The SMILES string of the molecule is C[C@@H]1Cc2ccccc2N1C(=O)C[NH2+][C@H](C)c1ccccc1Cl. The first-order chi connectivity index (χ1) is 11.1. The molecule has 4 heteroatoms. The summed E-state index contributed by atoms with van der Waals surface area (Å²) in [7, 11) is 0. The molecule has 2 aromatic carbocycles. The zero-order valence-corrected chi connectivity index (χ0v) is 14.3. The fraction of sp³-hybridized carbons (Fsp3) is 0.316. The molecule has 0 bridgehead atoms. The minimum Gasteiger partial charge on any atom is -0.332 e. The van der Waals surface area contributed by atoms with Gasteiger partial charge in [0, 0.05) is 22.3 Å². The number of rotatable bonds is 4. The number of nitrogens with zero attached hydrogens (tertiary/aromatic N) is 1. The zero-order valence-electron chi connectivity index (χ0n) is 13.5. The second-order valence-corrected chi connectivity index (χ2v) is 6.60. The third kappa shape index (κ3) is 3.26. The summed E-state index contributed by atoms with van der Waals surface area (Å²) in [6.45, 7) is 4.61. The van der Waals surface area contributed by atoms with E-state index in [4.69, 9.17) is 11.6 Å². The van der Waals surface area contributed by atoms with Gasteiger partial charge in [0.2, 0.25) is 0 Å². The van der Waals surface area contributed by atoms with Gasteiger partial charge < -0.3 is 10.2 Å². The number of carbonyl (C=O) groups excluding carboxylic acids is 1. The minimum atomic E-state index is 0.154. The van der Waals surface area contributed by atoms with Crippen LogP contribution in [-0.2, 0) is 11.2 Å². The lowest BCUT2D eigenvalue weighted by Gasteiger charge is -2.22. The molecule has 0 spiro atoms. The fourth-order valence-corrected chi connectivity index (χ4v) is 3.60. The molecule has 2 aromatic rings. The van der Waals surface area contributed by atoms with Crippen LogP contribution >= 0.6 is 11.6 Å². The number of anilines is 1. The first-order valence-electron chi connectivity index (χ1n) is 8.05. The molecule has 0 unspecified atom stereocenters. The van der Waals surface area contributed by atoms with Crippen molar-refractivity contribution in [2.24, 2.45) is 0 Å². The number of halogens is 1. The Labute approximate surface area is 142 Å². The Balaban J connectivity index is 1.67. The highest BCUT2D eigenvalue weighted by Crippen LogP contribution is 2.31. The smallest absolute Gasteiger partial charge is 0.282 e. The van der Waals surface area contributed by atoms with Crippen LogP contribution in [0, 0.1) is 0 Å². The maximum absolute atomic E-state index is 12.7. The first kappa shape index (κ1) is 16.0. The van der Waals surface area contributed by atoms with Gasteiger partial charge in [-0.15, -0.1) is 0 Å². The van der Waals surface area contributed by atoms with Crippen LogP contribution in [0.3, 0.4) is 0 Å². The molecule has 2 atom stereocenters. The third-order valence-corrected chi connectivity index (χ3v) is 4.86. The Hall–Kier alpha value is -1.84. The molecule has 1 aliphatic rings. The van der Waals surface area contributed by atoms with Crippen LogP contribution in [0.15, 0.2) is 48.5 Å². The molecule has 2 N–H and O–H groups in total. The van der Waals surface area contributed by atoms with Crippen LogP contribution in [0.1, 0.15) is 31.0 Å². The number of fused-ring (bicyclic) bond motifs is 1. The van der Waals surface area contributed by atoms with E-state index in [1.165, 1.54) is 5.56 Å². The number of carbonyl (C=O) groups is 1. The van der Waals surface area contributed by atoms with Gasteiger partial charge in [-0.2, -0.15) is 0 Å². The Morgan fingerprint density at radius 1 is 1.26 bits per heavy atom. The largest absolute Gasteiger partial charge is 0.332 e. The molecular formula is C19H22ClN2O+. The summed E-state index contributed by atoms with van der Waals surface area (Å²) in [6, 6.07) is 16.4. The standard InChI is InChI=1S/C19H21ClN2O/c1-13-11-15-7-3-6-10-18(15)22(13)19(23)12-21-14(2)16-8-4-5-9-17(16)20/h3-10,13-14,21H,11-12H2,1-2H3/p+1/t13-,14-/m1/s1. The van der Waals surface area contributed by atoms with Crippen molar-refractivity contribution in [2.75, 3.05) is 11.4 Å². The van der Waals surface area contributed by atoms with Crippen LogP contribution in [0.5, 0.6) is 0 Å². The van der Waals surface area contributed by atoms with Gasteiger partial charge in [0.25, 0.3) is 5.91 Å². The van der Waals surface area contributed by atoms with E-state index in [1.54, 1.807) is 0 Å². The van der Waals surface area contributed by atoms with Gasteiger partial charge in [0.15, 0.2) is 6.54 Å². The molecule has 120 valence electrons. The number of benzene rings is 2. The lowest BCUT2D eigenvalue weighted by Crippen LogP contribution is -2.87.